The second-order valence-corrected chi connectivity index (χ2v) is 51.4. The number of nitrogens with zero attached hydrogens (tertiary/aromatic N) is 1. The molecular weight excluding hydrogens is 669 g/mol. The van der Waals surface area contributed by atoms with Crippen LogP contribution in [0.2, 0.25) is 13.1 Å². The first kappa shape index (κ1) is 28.4. The van der Waals surface area contributed by atoms with Crippen molar-refractivity contribution in [3.05, 3.63) is 141 Å². The summed E-state index contributed by atoms with van der Waals surface area (Å²) in [5, 5.41) is 3.09. The molecular formula is C36H31Cl2NSSiZr. The van der Waals surface area contributed by atoms with Crippen LogP contribution in [0, 0.1) is 0 Å². The number of halogens is 2. The predicted molar refractivity (Wildman–Crippen MR) is 182 cm³/mol. The van der Waals surface area contributed by atoms with Gasteiger partial charge in [-0.25, -0.2) is 0 Å². The minimum absolute atomic E-state index is 0.0250. The van der Waals surface area contributed by atoms with Crippen molar-refractivity contribution in [3.63, 3.8) is 0 Å². The van der Waals surface area contributed by atoms with Crippen molar-refractivity contribution in [3.8, 4) is 22.3 Å². The molecule has 2 aliphatic carbocycles. The SMILES string of the molecule is CC1=Cc2c(-c3ccccc3)cccc2[CH]1[Zr]([Cl])([Cl])([CH]1C(c2nccs2)=Cc2c(-c3ccccc3)cccc21)=[Si](C)C. The molecule has 1 aromatic heterocycles. The Labute approximate surface area is 260 Å². The summed E-state index contributed by atoms with van der Waals surface area (Å²) < 4.78 is -0.0276. The average Bonchev–Trinajstić information content (AvgIpc) is 3.75. The van der Waals surface area contributed by atoms with Crippen LogP contribution in [0.4, 0.5) is 0 Å². The van der Waals surface area contributed by atoms with Crippen LogP contribution in [0.15, 0.2) is 114 Å². The van der Waals surface area contributed by atoms with Gasteiger partial charge in [0.15, 0.2) is 0 Å². The molecule has 208 valence electrons. The van der Waals surface area contributed by atoms with Crippen LogP contribution in [0.1, 0.15) is 41.4 Å². The summed E-state index contributed by atoms with van der Waals surface area (Å²) >= 11 is -3.22. The molecule has 7 rings (SSSR count). The van der Waals surface area contributed by atoms with Crippen molar-refractivity contribution >= 4 is 51.5 Å². The van der Waals surface area contributed by atoms with Crippen molar-refractivity contribution in [2.75, 3.05) is 0 Å². The van der Waals surface area contributed by atoms with Crippen LogP contribution in [0.5, 0.6) is 0 Å². The summed E-state index contributed by atoms with van der Waals surface area (Å²) in [5.74, 6) is 0. The van der Waals surface area contributed by atoms with Gasteiger partial charge in [-0.2, -0.15) is 0 Å². The first-order valence-corrected chi connectivity index (χ1v) is 30.6. The molecule has 0 spiro atoms. The van der Waals surface area contributed by atoms with Gasteiger partial charge in [-0.15, -0.1) is 0 Å². The first-order chi connectivity index (χ1) is 20.3. The van der Waals surface area contributed by atoms with Crippen LogP contribution in [0.25, 0.3) is 40.0 Å². The standard InChI is InChI=1S/C18H12NS.C16H13.C2H6Si.2ClH.Zr/c1-2-5-13(6-3-1)16-8-4-7-14-11-15(12-17(14)16)18-19-9-10-20-18;1-12-10-14-8-5-9-15(16(14)11-12)13-6-3-2-4-7-13;1-3-2;;;/h1-12H;2-11H,1H3;1-2H3;2*1H;/q;;;;;+2/p-2. The Morgan fingerprint density at radius 3 is 1.76 bits per heavy atom. The third-order valence-electron chi connectivity index (χ3n) is 9.20. The molecule has 0 fully saturated rings. The fourth-order valence-electron chi connectivity index (χ4n) is 7.26. The zero-order chi connectivity index (χ0) is 29.1. The normalized spacial score (nSPS) is 17.9. The average molecular weight is 700 g/mol. The summed E-state index contributed by atoms with van der Waals surface area (Å²) in [6.45, 7) is 6.98. The van der Waals surface area contributed by atoms with E-state index in [1.807, 2.05) is 6.20 Å². The Bertz CT molecular complexity index is 1970. The molecule has 0 amide bonds. The van der Waals surface area contributed by atoms with E-state index in [4.69, 9.17) is 22.0 Å². The third-order valence-corrected chi connectivity index (χ3v) is 56.6. The van der Waals surface area contributed by atoms with Crippen molar-refractivity contribution < 1.29 is 15.0 Å². The number of fused-ring (bicyclic) bond motifs is 2. The third kappa shape index (κ3) is 4.29. The molecule has 4 aromatic carbocycles. The molecule has 0 bridgehead atoms. The molecule has 0 radical (unpaired) electrons. The molecule has 42 heavy (non-hydrogen) atoms. The fourth-order valence-corrected chi connectivity index (χ4v) is 37.2. The Morgan fingerprint density at radius 1 is 0.690 bits per heavy atom. The molecule has 0 aliphatic heterocycles. The molecule has 1 heterocycles. The predicted octanol–water partition coefficient (Wildman–Crippen LogP) is 11.5. The topological polar surface area (TPSA) is 12.9 Å². The van der Waals surface area contributed by atoms with Gasteiger partial charge in [-0.1, -0.05) is 0 Å². The summed E-state index contributed by atoms with van der Waals surface area (Å²) in [6.07, 6.45) is 6.63. The van der Waals surface area contributed by atoms with E-state index in [1.54, 1.807) is 11.3 Å². The van der Waals surface area contributed by atoms with Gasteiger partial charge in [0.2, 0.25) is 0 Å². The van der Waals surface area contributed by atoms with Crippen LogP contribution in [-0.2, 0) is 15.0 Å². The zero-order valence-corrected chi connectivity index (χ0v) is 29.6. The molecule has 6 heteroatoms. The van der Waals surface area contributed by atoms with Crippen LogP contribution in [-0.4, -0.2) is 10.4 Å². The van der Waals surface area contributed by atoms with E-state index in [2.05, 4.69) is 135 Å². The summed E-state index contributed by atoms with van der Waals surface area (Å²) in [4.78, 5) is 4.84. The van der Waals surface area contributed by atoms with Gasteiger partial charge in [-0.05, 0) is 0 Å². The van der Waals surface area contributed by atoms with E-state index >= 15 is 0 Å². The molecule has 2 unspecified atom stereocenters. The quantitative estimate of drug-likeness (QED) is 0.166. The Hall–Kier alpha value is -2.33. The van der Waals surface area contributed by atoms with E-state index in [0.717, 1.165) is 5.01 Å². The van der Waals surface area contributed by atoms with Gasteiger partial charge in [0.25, 0.3) is 0 Å². The summed E-state index contributed by atoms with van der Waals surface area (Å²) in [5.41, 5.74) is 11.3. The summed E-state index contributed by atoms with van der Waals surface area (Å²) in [7, 11) is 17.0. The Kier molecular flexibility index (Phi) is 7.23. The van der Waals surface area contributed by atoms with Gasteiger partial charge < -0.3 is 0 Å². The number of hydrogen-bond acceptors (Lipinski definition) is 2. The zero-order valence-electron chi connectivity index (χ0n) is 23.8. The molecule has 0 saturated heterocycles. The van der Waals surface area contributed by atoms with Crippen LogP contribution >= 0.6 is 28.4 Å². The Morgan fingerprint density at radius 2 is 1.24 bits per heavy atom. The van der Waals surface area contributed by atoms with Gasteiger partial charge >= 0.3 is 263 Å². The van der Waals surface area contributed by atoms with Crippen molar-refractivity contribution in [1.82, 2.24) is 4.98 Å². The fraction of sp³-hybridized carbons (Fsp3) is 0.139. The van der Waals surface area contributed by atoms with Crippen LogP contribution in [0.3, 0.4) is 0 Å². The van der Waals surface area contributed by atoms with Crippen molar-refractivity contribution in [2.45, 2.75) is 27.3 Å². The first-order valence-electron chi connectivity index (χ1n) is 14.3. The molecule has 0 saturated carbocycles. The van der Waals surface area contributed by atoms with Gasteiger partial charge in [0, 0.05) is 0 Å². The number of aromatic nitrogens is 1. The maximum atomic E-state index is 8.52. The molecule has 5 aromatic rings. The maximum absolute atomic E-state index is 8.52. The summed E-state index contributed by atoms with van der Waals surface area (Å²) in [6, 6.07) is 34.7. The van der Waals surface area contributed by atoms with E-state index in [-0.39, 0.29) is 7.25 Å². The Balaban J connectivity index is 1.50. The monoisotopic (exact) mass is 697 g/mol. The van der Waals surface area contributed by atoms with Gasteiger partial charge in [0.1, 0.15) is 0 Å². The molecule has 2 aliphatic rings. The van der Waals surface area contributed by atoms with E-state index in [9.17, 15) is 0 Å². The van der Waals surface area contributed by atoms with Crippen LogP contribution < -0.4 is 0 Å². The number of allylic oxidation sites excluding steroid dienone is 2. The molecule has 1 nitrogen and oxygen atoms in total. The number of thiazole rings is 1. The number of rotatable bonds is 5. The minimum atomic E-state index is -4.91. The van der Waals surface area contributed by atoms with Crippen molar-refractivity contribution in [2.24, 2.45) is 0 Å². The number of hydrogen-bond donors (Lipinski definition) is 0. The molecule has 0 N–H and O–H groups in total. The van der Waals surface area contributed by atoms with Gasteiger partial charge in [-0.3, -0.25) is 0 Å². The van der Waals surface area contributed by atoms with E-state index in [0.29, 0.717) is 0 Å². The van der Waals surface area contributed by atoms with E-state index < -0.39 is 20.4 Å². The van der Waals surface area contributed by atoms with Crippen molar-refractivity contribution in [1.29, 1.82) is 0 Å². The number of benzene rings is 4. The second kappa shape index (κ2) is 10.7. The van der Waals surface area contributed by atoms with Gasteiger partial charge in [0.05, 0.1) is 0 Å². The van der Waals surface area contributed by atoms with E-state index in [1.165, 1.54) is 55.7 Å². The second-order valence-electron chi connectivity index (χ2n) is 11.7. The molecule has 2 atom stereocenters.